The average molecular weight is 195 g/mol. The maximum atomic E-state index is 12.8. The summed E-state index contributed by atoms with van der Waals surface area (Å²) >= 11 is 0. The summed E-state index contributed by atoms with van der Waals surface area (Å²) in [5.74, 6) is -0.374. The monoisotopic (exact) mass is 195 g/mol. The predicted molar refractivity (Wildman–Crippen MR) is 52.9 cm³/mol. The van der Waals surface area contributed by atoms with Crippen LogP contribution < -0.4 is 5.32 Å². The van der Waals surface area contributed by atoms with Crippen LogP contribution in [0.25, 0.3) is 0 Å². The van der Waals surface area contributed by atoms with Gasteiger partial charge in [0.15, 0.2) is 11.6 Å². The fourth-order valence-electron chi connectivity index (χ4n) is 1.92. The molecule has 76 valence electrons. The Morgan fingerprint density at radius 2 is 2.29 bits per heavy atom. The molecule has 1 saturated heterocycles. The predicted octanol–water partition coefficient (Wildman–Crippen LogP) is 2.00. The van der Waals surface area contributed by atoms with E-state index in [2.05, 4.69) is 5.32 Å². The van der Waals surface area contributed by atoms with Crippen molar-refractivity contribution in [2.45, 2.75) is 18.8 Å². The fourth-order valence-corrected chi connectivity index (χ4v) is 1.92. The lowest BCUT2D eigenvalue weighted by molar-refractivity contribution is 0.425. The van der Waals surface area contributed by atoms with E-state index in [9.17, 15) is 9.50 Å². The Hall–Kier alpha value is -1.09. The largest absolute Gasteiger partial charge is 0.505 e. The Morgan fingerprint density at radius 3 is 2.93 bits per heavy atom. The second kappa shape index (κ2) is 3.96. The van der Waals surface area contributed by atoms with Crippen LogP contribution in [0, 0.1) is 5.82 Å². The maximum Gasteiger partial charge on any atom is 0.164 e. The maximum absolute atomic E-state index is 12.8. The third kappa shape index (κ3) is 1.87. The lowest BCUT2D eigenvalue weighted by atomic mass is 9.91. The number of nitrogens with one attached hydrogen (secondary N) is 1. The van der Waals surface area contributed by atoms with Gasteiger partial charge in [-0.25, -0.2) is 4.39 Å². The molecule has 1 aromatic rings. The zero-order valence-electron chi connectivity index (χ0n) is 7.96. The average Bonchev–Trinajstić information content (AvgIpc) is 2.23. The van der Waals surface area contributed by atoms with Gasteiger partial charge in [0.2, 0.25) is 0 Å². The van der Waals surface area contributed by atoms with Crippen LogP contribution >= 0.6 is 0 Å². The molecule has 1 aliphatic heterocycles. The van der Waals surface area contributed by atoms with E-state index in [1.807, 2.05) is 0 Å². The van der Waals surface area contributed by atoms with Crippen molar-refractivity contribution in [1.29, 1.82) is 0 Å². The molecular formula is C11H14FNO. The zero-order valence-corrected chi connectivity index (χ0v) is 7.96. The number of halogens is 1. The summed E-state index contributed by atoms with van der Waals surface area (Å²) in [5, 5.41) is 12.5. The van der Waals surface area contributed by atoms with Crippen molar-refractivity contribution in [3.8, 4) is 5.75 Å². The summed E-state index contributed by atoms with van der Waals surface area (Å²) in [6.45, 7) is 1.98. The van der Waals surface area contributed by atoms with Gasteiger partial charge >= 0.3 is 0 Å². The van der Waals surface area contributed by atoms with E-state index in [-0.39, 0.29) is 5.75 Å². The molecule has 1 atom stereocenters. The molecule has 2 nitrogen and oxygen atoms in total. The molecule has 14 heavy (non-hydrogen) atoms. The minimum Gasteiger partial charge on any atom is -0.505 e. The number of aromatic hydroxyl groups is 1. The van der Waals surface area contributed by atoms with Crippen molar-refractivity contribution < 1.29 is 9.50 Å². The number of hydrogen-bond donors (Lipinski definition) is 2. The van der Waals surface area contributed by atoms with Gasteiger partial charge in [0.1, 0.15) is 0 Å². The van der Waals surface area contributed by atoms with E-state index in [0.29, 0.717) is 5.92 Å². The smallest absolute Gasteiger partial charge is 0.164 e. The molecule has 3 heteroatoms. The van der Waals surface area contributed by atoms with Crippen LogP contribution in [-0.2, 0) is 0 Å². The van der Waals surface area contributed by atoms with E-state index in [0.717, 1.165) is 31.5 Å². The van der Waals surface area contributed by atoms with Crippen molar-refractivity contribution in [1.82, 2.24) is 5.32 Å². The van der Waals surface area contributed by atoms with Gasteiger partial charge in [-0.3, -0.25) is 0 Å². The summed E-state index contributed by atoms with van der Waals surface area (Å²) in [7, 11) is 0. The van der Waals surface area contributed by atoms with Gasteiger partial charge in [0.05, 0.1) is 0 Å². The second-order valence-corrected chi connectivity index (χ2v) is 3.75. The molecule has 0 aliphatic carbocycles. The Morgan fingerprint density at radius 1 is 1.43 bits per heavy atom. The Balaban J connectivity index is 2.18. The third-order valence-electron chi connectivity index (χ3n) is 2.74. The number of hydrogen-bond acceptors (Lipinski definition) is 2. The molecule has 0 amide bonds. The molecular weight excluding hydrogens is 181 g/mol. The molecule has 0 spiro atoms. The standard InChI is InChI=1S/C11H14FNO/c12-10-4-3-8(6-11(10)14)9-2-1-5-13-7-9/h3-4,6,9,13-14H,1-2,5,7H2. The highest BCUT2D eigenvalue weighted by Gasteiger charge is 2.16. The number of phenols is 1. The Bertz CT molecular complexity index is 321. The molecule has 1 aliphatic rings. The van der Waals surface area contributed by atoms with E-state index >= 15 is 0 Å². The SMILES string of the molecule is Oc1cc(C2CCCNC2)ccc1F. The van der Waals surface area contributed by atoms with Crippen LogP contribution in [0.1, 0.15) is 24.3 Å². The number of rotatable bonds is 1. The first kappa shape index (κ1) is 9.46. The zero-order chi connectivity index (χ0) is 9.97. The van der Waals surface area contributed by atoms with E-state index in [1.165, 1.54) is 12.1 Å². The van der Waals surface area contributed by atoms with Crippen LogP contribution in [0.5, 0.6) is 5.75 Å². The van der Waals surface area contributed by atoms with E-state index in [4.69, 9.17) is 0 Å². The lowest BCUT2D eigenvalue weighted by Gasteiger charge is -2.23. The Labute approximate surface area is 82.8 Å². The first-order chi connectivity index (χ1) is 6.77. The summed E-state index contributed by atoms with van der Waals surface area (Å²) in [5.41, 5.74) is 1.02. The minimum absolute atomic E-state index is 0.243. The molecule has 1 heterocycles. The van der Waals surface area contributed by atoms with Crippen LogP contribution in [0.3, 0.4) is 0 Å². The van der Waals surface area contributed by atoms with Gasteiger partial charge in [-0.2, -0.15) is 0 Å². The highest BCUT2D eigenvalue weighted by Crippen LogP contribution is 2.27. The first-order valence-electron chi connectivity index (χ1n) is 4.96. The van der Waals surface area contributed by atoms with Crippen molar-refractivity contribution in [2.24, 2.45) is 0 Å². The highest BCUT2D eigenvalue weighted by atomic mass is 19.1. The summed E-state index contributed by atoms with van der Waals surface area (Å²) < 4.78 is 12.8. The van der Waals surface area contributed by atoms with Gasteiger partial charge in [0, 0.05) is 6.54 Å². The van der Waals surface area contributed by atoms with E-state index < -0.39 is 5.82 Å². The molecule has 0 radical (unpaired) electrons. The molecule has 1 fully saturated rings. The van der Waals surface area contributed by atoms with Crippen LogP contribution in [0.2, 0.25) is 0 Å². The van der Waals surface area contributed by atoms with Crippen molar-refractivity contribution >= 4 is 0 Å². The third-order valence-corrected chi connectivity index (χ3v) is 2.74. The summed E-state index contributed by atoms with van der Waals surface area (Å²) in [4.78, 5) is 0. The molecule has 0 aromatic heterocycles. The highest BCUT2D eigenvalue weighted by molar-refractivity contribution is 5.31. The normalized spacial score (nSPS) is 22.2. The quantitative estimate of drug-likeness (QED) is 0.718. The van der Waals surface area contributed by atoms with Crippen LogP contribution in [0.4, 0.5) is 4.39 Å². The summed E-state index contributed by atoms with van der Waals surface area (Å²) in [6.07, 6.45) is 2.25. The molecule has 1 unspecified atom stereocenters. The molecule has 1 aromatic carbocycles. The van der Waals surface area contributed by atoms with Gasteiger partial charge in [-0.05, 0) is 43.0 Å². The van der Waals surface area contributed by atoms with Crippen molar-refractivity contribution in [3.05, 3.63) is 29.6 Å². The topological polar surface area (TPSA) is 32.3 Å². The fraction of sp³-hybridized carbons (Fsp3) is 0.455. The van der Waals surface area contributed by atoms with E-state index in [1.54, 1.807) is 6.07 Å². The molecule has 0 saturated carbocycles. The van der Waals surface area contributed by atoms with Gasteiger partial charge < -0.3 is 10.4 Å². The molecule has 2 N–H and O–H groups in total. The van der Waals surface area contributed by atoms with Crippen molar-refractivity contribution in [3.63, 3.8) is 0 Å². The first-order valence-corrected chi connectivity index (χ1v) is 4.96. The van der Waals surface area contributed by atoms with Gasteiger partial charge in [-0.15, -0.1) is 0 Å². The van der Waals surface area contributed by atoms with Gasteiger partial charge in [-0.1, -0.05) is 6.07 Å². The lowest BCUT2D eigenvalue weighted by Crippen LogP contribution is -2.28. The summed E-state index contributed by atoms with van der Waals surface area (Å²) in [6, 6.07) is 4.62. The molecule has 2 rings (SSSR count). The second-order valence-electron chi connectivity index (χ2n) is 3.75. The number of piperidine rings is 1. The van der Waals surface area contributed by atoms with Crippen LogP contribution in [-0.4, -0.2) is 18.2 Å². The Kier molecular flexibility index (Phi) is 2.68. The minimum atomic E-state index is -0.544. The number of phenolic OH excluding ortho intramolecular Hbond substituents is 1. The molecule has 0 bridgehead atoms. The van der Waals surface area contributed by atoms with Gasteiger partial charge in [0.25, 0.3) is 0 Å². The van der Waals surface area contributed by atoms with Crippen molar-refractivity contribution in [2.75, 3.05) is 13.1 Å². The number of benzene rings is 1. The van der Waals surface area contributed by atoms with Crippen LogP contribution in [0.15, 0.2) is 18.2 Å².